The second-order valence-corrected chi connectivity index (χ2v) is 7.65. The number of nitrogens with one attached hydrogen (secondary N) is 1. The Morgan fingerprint density at radius 2 is 1.96 bits per heavy atom. The molecule has 2 heterocycles. The third-order valence-corrected chi connectivity index (χ3v) is 5.05. The van der Waals surface area contributed by atoms with Crippen LogP contribution in [0.3, 0.4) is 0 Å². The SMILES string of the molecule is CC(=O)N[C@H]1[C@@H](Oc2cccc3ccccc23)O[C@@H]2COC(C)(C)O[C@H]2[C@@H]1O. The van der Waals surface area contributed by atoms with Crippen LogP contribution >= 0.6 is 0 Å². The fourth-order valence-corrected chi connectivity index (χ4v) is 3.76. The number of hydrogen-bond acceptors (Lipinski definition) is 6. The molecule has 2 aromatic carbocycles. The summed E-state index contributed by atoms with van der Waals surface area (Å²) in [5.41, 5.74) is 0. The van der Waals surface area contributed by atoms with Gasteiger partial charge in [0.1, 0.15) is 30.1 Å². The number of benzene rings is 2. The Kier molecular flexibility index (Phi) is 5.01. The largest absolute Gasteiger partial charge is 0.462 e. The summed E-state index contributed by atoms with van der Waals surface area (Å²) in [6.07, 6.45) is -3.04. The second kappa shape index (κ2) is 7.33. The highest BCUT2D eigenvalue weighted by Crippen LogP contribution is 2.34. The van der Waals surface area contributed by atoms with Crippen molar-refractivity contribution in [2.45, 2.75) is 57.2 Å². The van der Waals surface area contributed by atoms with Crippen molar-refractivity contribution in [3.05, 3.63) is 42.5 Å². The Hall–Kier alpha value is -2.19. The maximum absolute atomic E-state index is 11.8. The molecule has 2 saturated heterocycles. The molecule has 0 spiro atoms. The first kappa shape index (κ1) is 19.1. The maximum atomic E-state index is 11.8. The Morgan fingerprint density at radius 1 is 1.21 bits per heavy atom. The predicted octanol–water partition coefficient (Wildman–Crippen LogP) is 1.96. The quantitative estimate of drug-likeness (QED) is 0.837. The van der Waals surface area contributed by atoms with E-state index in [2.05, 4.69) is 5.32 Å². The lowest BCUT2D eigenvalue weighted by Crippen LogP contribution is -2.69. The van der Waals surface area contributed by atoms with E-state index >= 15 is 0 Å². The van der Waals surface area contributed by atoms with E-state index in [1.54, 1.807) is 13.8 Å². The lowest BCUT2D eigenvalue weighted by Gasteiger charge is -2.49. The van der Waals surface area contributed by atoms with Gasteiger partial charge in [-0.05, 0) is 25.3 Å². The number of fused-ring (bicyclic) bond motifs is 2. The van der Waals surface area contributed by atoms with Gasteiger partial charge >= 0.3 is 0 Å². The van der Waals surface area contributed by atoms with Crippen LogP contribution in [0.25, 0.3) is 10.8 Å². The fraction of sp³-hybridized carbons (Fsp3) is 0.476. The van der Waals surface area contributed by atoms with Gasteiger partial charge in [-0.2, -0.15) is 0 Å². The minimum absolute atomic E-state index is 0.261. The van der Waals surface area contributed by atoms with E-state index in [1.165, 1.54) is 6.92 Å². The predicted molar refractivity (Wildman–Crippen MR) is 102 cm³/mol. The molecule has 0 saturated carbocycles. The first-order valence-corrected chi connectivity index (χ1v) is 9.41. The highest BCUT2D eigenvalue weighted by Gasteiger charge is 2.52. The Bertz CT molecular complexity index is 864. The van der Waals surface area contributed by atoms with Gasteiger partial charge < -0.3 is 29.4 Å². The first-order chi connectivity index (χ1) is 13.3. The summed E-state index contributed by atoms with van der Waals surface area (Å²) in [5, 5.41) is 15.6. The number of amides is 1. The number of rotatable bonds is 3. The van der Waals surface area contributed by atoms with Crippen LogP contribution in [-0.4, -0.2) is 54.1 Å². The van der Waals surface area contributed by atoms with Crippen molar-refractivity contribution in [3.63, 3.8) is 0 Å². The summed E-state index contributed by atoms with van der Waals surface area (Å²) < 4.78 is 23.8. The van der Waals surface area contributed by atoms with Gasteiger partial charge in [0.15, 0.2) is 5.79 Å². The average molecular weight is 387 g/mol. The van der Waals surface area contributed by atoms with E-state index in [9.17, 15) is 9.90 Å². The monoisotopic (exact) mass is 387 g/mol. The summed E-state index contributed by atoms with van der Waals surface area (Å²) in [4.78, 5) is 11.8. The molecule has 2 aromatic rings. The Balaban J connectivity index is 1.63. The standard InChI is InChI=1S/C21H25NO6/c1-12(23)22-17-18(24)19-16(11-25-21(2,3)28-19)27-20(17)26-15-10-6-8-13-7-4-5-9-14(13)15/h4-10,16-20,24H,11H2,1-3H3,(H,22,23)/t16-,17-,18-,19-,20+/m1/s1. The van der Waals surface area contributed by atoms with Crippen LogP contribution in [0.5, 0.6) is 5.75 Å². The van der Waals surface area contributed by atoms with Crippen molar-refractivity contribution in [1.82, 2.24) is 5.32 Å². The summed E-state index contributed by atoms with van der Waals surface area (Å²) in [5.74, 6) is -0.513. The lowest BCUT2D eigenvalue weighted by atomic mass is 9.95. The minimum Gasteiger partial charge on any atom is -0.462 e. The van der Waals surface area contributed by atoms with Crippen LogP contribution in [-0.2, 0) is 19.0 Å². The number of carbonyl (C=O) groups is 1. The van der Waals surface area contributed by atoms with Gasteiger partial charge in [-0.3, -0.25) is 4.79 Å². The zero-order valence-corrected chi connectivity index (χ0v) is 16.1. The molecule has 0 aromatic heterocycles. The van der Waals surface area contributed by atoms with Gasteiger partial charge in [0.25, 0.3) is 0 Å². The van der Waals surface area contributed by atoms with Crippen molar-refractivity contribution in [2.75, 3.05) is 6.61 Å². The molecule has 2 aliphatic heterocycles. The zero-order chi connectivity index (χ0) is 19.9. The van der Waals surface area contributed by atoms with Gasteiger partial charge in [-0.1, -0.05) is 36.4 Å². The zero-order valence-electron chi connectivity index (χ0n) is 16.1. The molecule has 0 aliphatic carbocycles. The third-order valence-electron chi connectivity index (χ3n) is 5.05. The molecular weight excluding hydrogens is 362 g/mol. The Labute approximate surface area is 163 Å². The molecular formula is C21H25NO6. The summed E-state index contributed by atoms with van der Waals surface area (Å²) in [6.45, 7) is 5.21. The molecule has 1 amide bonds. The van der Waals surface area contributed by atoms with Crippen LogP contribution in [0.2, 0.25) is 0 Å². The highest BCUT2D eigenvalue weighted by atomic mass is 16.8. The maximum Gasteiger partial charge on any atom is 0.223 e. The van der Waals surface area contributed by atoms with E-state index in [0.717, 1.165) is 10.8 Å². The summed E-state index contributed by atoms with van der Waals surface area (Å²) in [6, 6.07) is 12.8. The molecule has 0 radical (unpaired) electrons. The van der Waals surface area contributed by atoms with E-state index < -0.39 is 36.4 Å². The van der Waals surface area contributed by atoms with Crippen LogP contribution in [0.15, 0.2) is 42.5 Å². The molecule has 150 valence electrons. The molecule has 2 aliphatic rings. The van der Waals surface area contributed by atoms with Gasteiger partial charge in [0.2, 0.25) is 12.2 Å². The van der Waals surface area contributed by atoms with Crippen LogP contribution in [0.4, 0.5) is 0 Å². The number of carbonyl (C=O) groups excluding carboxylic acids is 1. The van der Waals surface area contributed by atoms with Crippen molar-refractivity contribution in [1.29, 1.82) is 0 Å². The van der Waals surface area contributed by atoms with Gasteiger partial charge in [0, 0.05) is 12.3 Å². The topological polar surface area (TPSA) is 86.3 Å². The van der Waals surface area contributed by atoms with Crippen LogP contribution in [0, 0.1) is 0 Å². The normalized spacial score (nSPS) is 31.8. The van der Waals surface area contributed by atoms with Crippen molar-refractivity contribution in [2.24, 2.45) is 0 Å². The van der Waals surface area contributed by atoms with Gasteiger partial charge in [-0.25, -0.2) is 0 Å². The molecule has 7 heteroatoms. The number of hydrogen-bond donors (Lipinski definition) is 2. The lowest BCUT2D eigenvalue weighted by molar-refractivity contribution is -0.361. The number of ether oxygens (including phenoxy) is 4. The Morgan fingerprint density at radius 3 is 2.75 bits per heavy atom. The van der Waals surface area contributed by atoms with E-state index in [0.29, 0.717) is 5.75 Å². The molecule has 5 atom stereocenters. The van der Waals surface area contributed by atoms with Crippen LogP contribution < -0.4 is 10.1 Å². The van der Waals surface area contributed by atoms with E-state index in [-0.39, 0.29) is 12.5 Å². The van der Waals surface area contributed by atoms with Crippen molar-refractivity contribution >= 4 is 16.7 Å². The molecule has 2 fully saturated rings. The number of aliphatic hydroxyl groups is 1. The smallest absolute Gasteiger partial charge is 0.223 e. The molecule has 0 unspecified atom stereocenters. The third kappa shape index (κ3) is 3.71. The molecule has 4 rings (SSSR count). The number of aliphatic hydroxyl groups excluding tert-OH is 1. The first-order valence-electron chi connectivity index (χ1n) is 9.41. The van der Waals surface area contributed by atoms with Crippen molar-refractivity contribution < 1.29 is 28.8 Å². The second-order valence-electron chi connectivity index (χ2n) is 7.65. The molecule has 0 bridgehead atoms. The van der Waals surface area contributed by atoms with Crippen molar-refractivity contribution in [3.8, 4) is 5.75 Å². The van der Waals surface area contributed by atoms with Crippen LogP contribution in [0.1, 0.15) is 20.8 Å². The van der Waals surface area contributed by atoms with E-state index in [4.69, 9.17) is 18.9 Å². The summed E-state index contributed by atoms with van der Waals surface area (Å²) >= 11 is 0. The summed E-state index contributed by atoms with van der Waals surface area (Å²) in [7, 11) is 0. The fourth-order valence-electron chi connectivity index (χ4n) is 3.76. The highest BCUT2D eigenvalue weighted by molar-refractivity contribution is 5.88. The van der Waals surface area contributed by atoms with Gasteiger partial charge in [0.05, 0.1) is 6.61 Å². The molecule has 2 N–H and O–H groups in total. The minimum atomic E-state index is -1.01. The van der Waals surface area contributed by atoms with E-state index in [1.807, 2.05) is 42.5 Å². The molecule has 7 nitrogen and oxygen atoms in total. The average Bonchev–Trinajstić information content (AvgIpc) is 2.65. The van der Waals surface area contributed by atoms with Gasteiger partial charge in [-0.15, -0.1) is 0 Å². The molecule has 28 heavy (non-hydrogen) atoms.